The molecule has 5 heteroatoms. The van der Waals surface area contributed by atoms with Crippen LogP contribution in [-0.4, -0.2) is 26.3 Å². The Bertz CT molecular complexity index is 311. The van der Waals surface area contributed by atoms with Crippen molar-refractivity contribution in [2.75, 3.05) is 12.3 Å². The van der Waals surface area contributed by atoms with Crippen LogP contribution in [0.4, 0.5) is 0 Å². The molecular weight excluding hydrogens is 198 g/mol. The molecule has 1 aromatic rings. The Morgan fingerprint density at radius 2 is 2.43 bits per heavy atom. The number of nitrogens with two attached hydrogens (primary N) is 1. The Morgan fingerprint density at radius 3 is 2.93 bits per heavy atom. The molecule has 0 aromatic carbocycles. The van der Waals surface area contributed by atoms with E-state index in [1.54, 1.807) is 10.9 Å². The second kappa shape index (κ2) is 5.26. The lowest BCUT2D eigenvalue weighted by atomic mass is 10.2. The molecule has 2 unspecified atom stereocenters. The summed E-state index contributed by atoms with van der Waals surface area (Å²) in [5, 5.41) is 4.03. The highest BCUT2D eigenvalue weighted by molar-refractivity contribution is 7.84. The molecule has 14 heavy (non-hydrogen) atoms. The van der Waals surface area contributed by atoms with Gasteiger partial charge in [-0.3, -0.25) is 8.89 Å². The monoisotopic (exact) mass is 215 g/mol. The average molecular weight is 215 g/mol. The van der Waals surface area contributed by atoms with Gasteiger partial charge in [-0.25, -0.2) is 0 Å². The van der Waals surface area contributed by atoms with Gasteiger partial charge in [0.15, 0.2) is 0 Å². The van der Waals surface area contributed by atoms with Crippen LogP contribution in [0.5, 0.6) is 0 Å². The second-order valence-electron chi connectivity index (χ2n) is 3.61. The number of nitrogens with zero attached hydrogens (tertiary/aromatic N) is 2. The molecule has 1 heterocycles. The molecule has 0 saturated carbocycles. The SMILES string of the molecule is CC(CN)CS(=O)Cc1cnn(C)c1. The van der Waals surface area contributed by atoms with Gasteiger partial charge in [0.2, 0.25) is 0 Å². The molecule has 0 bridgehead atoms. The minimum absolute atomic E-state index is 0.326. The van der Waals surface area contributed by atoms with Crippen molar-refractivity contribution in [3.8, 4) is 0 Å². The van der Waals surface area contributed by atoms with Gasteiger partial charge in [0.25, 0.3) is 0 Å². The van der Waals surface area contributed by atoms with Gasteiger partial charge < -0.3 is 5.73 Å². The molecule has 80 valence electrons. The number of aryl methyl sites for hydroxylation is 1. The number of hydrogen-bond donors (Lipinski definition) is 1. The van der Waals surface area contributed by atoms with Crippen LogP contribution in [0, 0.1) is 5.92 Å². The lowest BCUT2D eigenvalue weighted by Gasteiger charge is -2.06. The lowest BCUT2D eigenvalue weighted by molar-refractivity contribution is 0.640. The third-order valence-corrected chi connectivity index (χ3v) is 3.55. The molecule has 2 N–H and O–H groups in total. The van der Waals surface area contributed by atoms with E-state index in [1.165, 1.54) is 0 Å². The highest BCUT2D eigenvalue weighted by atomic mass is 32.2. The van der Waals surface area contributed by atoms with E-state index in [4.69, 9.17) is 5.73 Å². The van der Waals surface area contributed by atoms with Crippen LogP contribution in [0.25, 0.3) is 0 Å². The molecule has 0 fully saturated rings. The Hall–Kier alpha value is -0.680. The van der Waals surface area contributed by atoms with Gasteiger partial charge in [-0.05, 0) is 12.5 Å². The summed E-state index contributed by atoms with van der Waals surface area (Å²) in [6.45, 7) is 2.61. The first-order chi connectivity index (χ1) is 6.61. The van der Waals surface area contributed by atoms with Crippen LogP contribution in [-0.2, 0) is 23.6 Å². The largest absolute Gasteiger partial charge is 0.330 e. The van der Waals surface area contributed by atoms with Gasteiger partial charge in [-0.15, -0.1) is 0 Å². The highest BCUT2D eigenvalue weighted by Crippen LogP contribution is 2.04. The van der Waals surface area contributed by atoms with Crippen LogP contribution in [0.3, 0.4) is 0 Å². The molecule has 0 aliphatic heterocycles. The van der Waals surface area contributed by atoms with E-state index in [1.807, 2.05) is 20.2 Å². The molecule has 0 aliphatic rings. The fraction of sp³-hybridized carbons (Fsp3) is 0.667. The van der Waals surface area contributed by atoms with Gasteiger partial charge in [-0.2, -0.15) is 5.10 Å². The first-order valence-corrected chi connectivity index (χ1v) is 6.13. The van der Waals surface area contributed by atoms with Crippen LogP contribution >= 0.6 is 0 Å². The predicted octanol–water partition coefficient (Wildman–Crippen LogP) is 0.264. The molecule has 0 saturated heterocycles. The first kappa shape index (κ1) is 11.4. The Morgan fingerprint density at radius 1 is 1.71 bits per heavy atom. The molecule has 1 rings (SSSR count). The molecular formula is C9H17N3OS. The predicted molar refractivity (Wildman–Crippen MR) is 58.1 cm³/mol. The zero-order valence-corrected chi connectivity index (χ0v) is 9.46. The van der Waals surface area contributed by atoms with E-state index in [0.717, 1.165) is 5.56 Å². The molecule has 0 aliphatic carbocycles. The summed E-state index contributed by atoms with van der Waals surface area (Å²) in [4.78, 5) is 0. The topological polar surface area (TPSA) is 60.9 Å². The summed E-state index contributed by atoms with van der Waals surface area (Å²) in [6, 6.07) is 0. The summed E-state index contributed by atoms with van der Waals surface area (Å²) >= 11 is 0. The minimum Gasteiger partial charge on any atom is -0.330 e. The van der Waals surface area contributed by atoms with E-state index in [2.05, 4.69) is 5.10 Å². The summed E-state index contributed by atoms with van der Waals surface area (Å²) in [5.41, 5.74) is 6.49. The van der Waals surface area contributed by atoms with Crippen LogP contribution in [0.2, 0.25) is 0 Å². The van der Waals surface area contributed by atoms with Crippen molar-refractivity contribution in [1.82, 2.24) is 9.78 Å². The summed E-state index contributed by atoms with van der Waals surface area (Å²) in [5.74, 6) is 1.58. The van der Waals surface area contributed by atoms with Crippen molar-refractivity contribution in [2.24, 2.45) is 18.7 Å². The van der Waals surface area contributed by atoms with Gasteiger partial charge in [-0.1, -0.05) is 6.92 Å². The lowest BCUT2D eigenvalue weighted by Crippen LogP contribution is -2.18. The molecule has 0 amide bonds. The van der Waals surface area contributed by atoms with E-state index < -0.39 is 10.8 Å². The van der Waals surface area contributed by atoms with Gasteiger partial charge in [0, 0.05) is 35.4 Å². The van der Waals surface area contributed by atoms with E-state index in [0.29, 0.717) is 24.0 Å². The van der Waals surface area contributed by atoms with Gasteiger partial charge in [0.05, 0.1) is 11.9 Å². The molecule has 0 spiro atoms. The van der Waals surface area contributed by atoms with Crippen molar-refractivity contribution in [1.29, 1.82) is 0 Å². The standard InChI is InChI=1S/C9H17N3OS/c1-8(3-10)6-14(13)7-9-4-11-12(2)5-9/h4-5,8H,3,6-7,10H2,1-2H3. The van der Waals surface area contributed by atoms with E-state index >= 15 is 0 Å². The second-order valence-corrected chi connectivity index (χ2v) is 5.12. The quantitative estimate of drug-likeness (QED) is 0.766. The van der Waals surface area contributed by atoms with Crippen LogP contribution in [0.1, 0.15) is 12.5 Å². The maximum Gasteiger partial charge on any atom is 0.0531 e. The number of hydrogen-bond acceptors (Lipinski definition) is 3. The maximum absolute atomic E-state index is 11.6. The molecule has 0 radical (unpaired) electrons. The summed E-state index contributed by atoms with van der Waals surface area (Å²) in [6.07, 6.45) is 3.65. The minimum atomic E-state index is -0.821. The Labute approximate surface area is 86.9 Å². The molecule has 2 atom stereocenters. The van der Waals surface area contributed by atoms with Crippen molar-refractivity contribution < 1.29 is 4.21 Å². The first-order valence-electron chi connectivity index (χ1n) is 4.64. The third kappa shape index (κ3) is 3.59. The van der Waals surface area contributed by atoms with Crippen molar-refractivity contribution in [3.63, 3.8) is 0 Å². The van der Waals surface area contributed by atoms with Crippen molar-refractivity contribution >= 4 is 10.8 Å². The summed E-state index contributed by atoms with van der Waals surface area (Å²) in [7, 11) is 1.04. The zero-order valence-electron chi connectivity index (χ0n) is 8.64. The smallest absolute Gasteiger partial charge is 0.0531 e. The fourth-order valence-electron chi connectivity index (χ4n) is 1.18. The zero-order chi connectivity index (χ0) is 10.6. The Balaban J connectivity index is 2.41. The van der Waals surface area contributed by atoms with Gasteiger partial charge >= 0.3 is 0 Å². The van der Waals surface area contributed by atoms with Gasteiger partial charge in [0.1, 0.15) is 0 Å². The number of aromatic nitrogens is 2. The highest BCUT2D eigenvalue weighted by Gasteiger charge is 2.07. The summed E-state index contributed by atoms with van der Waals surface area (Å²) < 4.78 is 13.3. The molecule has 1 aromatic heterocycles. The normalized spacial score (nSPS) is 15.4. The number of rotatable bonds is 5. The fourth-order valence-corrected chi connectivity index (χ4v) is 2.59. The maximum atomic E-state index is 11.6. The van der Waals surface area contributed by atoms with E-state index in [-0.39, 0.29) is 0 Å². The van der Waals surface area contributed by atoms with E-state index in [9.17, 15) is 4.21 Å². The van der Waals surface area contributed by atoms with Crippen LogP contribution < -0.4 is 5.73 Å². The third-order valence-electron chi connectivity index (χ3n) is 1.96. The van der Waals surface area contributed by atoms with Crippen molar-refractivity contribution in [2.45, 2.75) is 12.7 Å². The molecule has 4 nitrogen and oxygen atoms in total. The Kier molecular flexibility index (Phi) is 4.28. The van der Waals surface area contributed by atoms with Crippen LogP contribution in [0.15, 0.2) is 12.4 Å². The average Bonchev–Trinajstić information content (AvgIpc) is 2.50. The van der Waals surface area contributed by atoms with Crippen molar-refractivity contribution in [3.05, 3.63) is 18.0 Å².